The zero-order valence-corrected chi connectivity index (χ0v) is 38.6. The third-order valence-electron chi connectivity index (χ3n) is 14.7. The Hall–Kier alpha value is -5.42. The molecule has 65 heavy (non-hydrogen) atoms. The molecule has 2 atom stereocenters. The number of carbonyl (C=O) groups is 1. The largest absolute Gasteiger partial charge is 0.489 e. The van der Waals surface area contributed by atoms with E-state index < -0.39 is 15.9 Å². The van der Waals surface area contributed by atoms with Gasteiger partial charge in [0.2, 0.25) is 0 Å². The first kappa shape index (κ1) is 43.5. The summed E-state index contributed by atoms with van der Waals surface area (Å²) in [7, 11) is -2.28. The van der Waals surface area contributed by atoms with Gasteiger partial charge in [-0.15, -0.1) is 0 Å². The van der Waals surface area contributed by atoms with Crippen molar-refractivity contribution in [2.45, 2.75) is 87.7 Å². The molecule has 1 aliphatic carbocycles. The van der Waals surface area contributed by atoms with Crippen LogP contribution in [0.5, 0.6) is 17.2 Å². The van der Waals surface area contributed by atoms with Crippen LogP contribution in [0.2, 0.25) is 0 Å². The van der Waals surface area contributed by atoms with Crippen LogP contribution < -0.4 is 30.1 Å². The van der Waals surface area contributed by atoms with E-state index in [-0.39, 0.29) is 28.1 Å². The van der Waals surface area contributed by atoms with Crippen molar-refractivity contribution in [3.05, 3.63) is 90.0 Å². The lowest BCUT2D eigenvalue weighted by Crippen LogP contribution is -2.55. The topological polar surface area (TPSA) is 174 Å². The van der Waals surface area contributed by atoms with Gasteiger partial charge in [0.25, 0.3) is 15.9 Å². The van der Waals surface area contributed by atoms with Gasteiger partial charge in [-0.05, 0) is 99.2 Å². The highest BCUT2D eigenvalue weighted by molar-refractivity contribution is 7.90. The molecule has 1 saturated carbocycles. The average Bonchev–Trinajstić information content (AvgIpc) is 3.98. The number of likely N-dealkylation sites (N-methyl/N-ethyl adjacent to an activating group) is 1. The predicted molar refractivity (Wildman–Crippen MR) is 253 cm³/mol. The number of fused-ring (bicyclic) bond motifs is 2. The molecular weight excluding hydrogens is 841 g/mol. The number of piperidine rings is 1. The molecule has 0 bridgehead atoms. The summed E-state index contributed by atoms with van der Waals surface area (Å²) >= 11 is 0. The van der Waals surface area contributed by atoms with Gasteiger partial charge < -0.3 is 40.2 Å². The van der Waals surface area contributed by atoms with Crippen molar-refractivity contribution in [2.75, 3.05) is 82.0 Å². The van der Waals surface area contributed by atoms with Crippen molar-refractivity contribution in [1.82, 2.24) is 34.4 Å². The summed E-state index contributed by atoms with van der Waals surface area (Å²) in [6.45, 7) is 12.9. The van der Waals surface area contributed by atoms with E-state index in [1.54, 1.807) is 24.7 Å². The number of amides is 1. The predicted octanol–water partition coefficient (Wildman–Crippen LogP) is 6.97. The second kappa shape index (κ2) is 17.8. The molecule has 16 heteroatoms. The molecule has 2 aromatic carbocycles. The number of H-pyrrole nitrogens is 1. The Bertz CT molecular complexity index is 2650. The second-order valence-corrected chi connectivity index (χ2v) is 21.0. The lowest BCUT2D eigenvalue weighted by molar-refractivity contribution is -0.0228. The number of ether oxygens (including phenoxy) is 2. The third-order valence-corrected chi connectivity index (χ3v) is 16.1. The molecule has 3 saturated heterocycles. The molecule has 0 radical (unpaired) electrons. The summed E-state index contributed by atoms with van der Waals surface area (Å²) in [5, 5.41) is 4.29. The molecule has 5 N–H and O–H groups in total. The standard InChI is InChI=1S/C49H62N10O5S/c1-32(2)39-7-4-5-8-40(39)42-9-6-15-59(42)36-27-49(28-36)12-17-58(18-13-49)35-24-44(64-37-23-33-10-14-51-47(33)53-30-37)46(52-29-35)48(60)55-65(61,62)38-25-41(50)45-43(26-38)63-31-34(54-45)11-16-57-21-19-56(3)20-22-57/h4-5,7-8,10,14,23-26,29-30,32,34,36,42,54H,6,9,11-13,15-22,27-28,31,50H2,1-3H3,(H,51,53)(H,55,60)/t34-,42-/m0/s1. The summed E-state index contributed by atoms with van der Waals surface area (Å²) in [6, 6.07) is 18.4. The molecule has 1 spiro atoms. The van der Waals surface area contributed by atoms with Crippen molar-refractivity contribution in [3.63, 3.8) is 0 Å². The highest BCUT2D eigenvalue weighted by atomic mass is 32.2. The van der Waals surface area contributed by atoms with E-state index in [0.717, 1.165) is 82.7 Å². The fourth-order valence-electron chi connectivity index (χ4n) is 10.9. The minimum atomic E-state index is -4.42. The number of likely N-dealkylation sites (tertiary alicyclic amines) is 1. The fourth-order valence-corrected chi connectivity index (χ4v) is 11.9. The number of benzene rings is 2. The number of aromatic amines is 1. The number of nitrogens with one attached hydrogen (secondary N) is 3. The van der Waals surface area contributed by atoms with Crippen molar-refractivity contribution in [3.8, 4) is 17.2 Å². The van der Waals surface area contributed by atoms with Crippen LogP contribution in [0.4, 0.5) is 17.1 Å². The van der Waals surface area contributed by atoms with E-state index in [2.05, 4.69) is 89.8 Å². The van der Waals surface area contributed by atoms with Crippen LogP contribution in [0.15, 0.2) is 78.1 Å². The van der Waals surface area contributed by atoms with Crippen LogP contribution in [0.3, 0.4) is 0 Å². The molecule has 7 heterocycles. The monoisotopic (exact) mass is 902 g/mol. The summed E-state index contributed by atoms with van der Waals surface area (Å²) in [5.74, 6) is 0.400. The highest BCUT2D eigenvalue weighted by Gasteiger charge is 2.50. The van der Waals surface area contributed by atoms with Gasteiger partial charge in [0.1, 0.15) is 29.4 Å². The molecular formula is C49H62N10O5S. The lowest BCUT2D eigenvalue weighted by Gasteiger charge is -2.56. The Morgan fingerprint density at radius 3 is 2.60 bits per heavy atom. The first-order valence-corrected chi connectivity index (χ1v) is 24.9. The Labute approximate surface area is 382 Å². The summed E-state index contributed by atoms with van der Waals surface area (Å²) in [5.41, 5.74) is 11.8. The van der Waals surface area contributed by atoms with Gasteiger partial charge in [0, 0.05) is 81.6 Å². The number of aromatic nitrogens is 3. The van der Waals surface area contributed by atoms with Crippen molar-refractivity contribution < 1.29 is 22.7 Å². The van der Waals surface area contributed by atoms with Crippen LogP contribution in [0.1, 0.15) is 92.4 Å². The first-order valence-electron chi connectivity index (χ1n) is 23.4. The summed E-state index contributed by atoms with van der Waals surface area (Å²) < 4.78 is 42.4. The third kappa shape index (κ3) is 8.97. The number of piperazine rings is 1. The fraction of sp³-hybridized carbons (Fsp3) is 0.490. The number of rotatable bonds is 12. The number of nitrogens with two attached hydrogens (primary N) is 1. The number of hydrogen-bond donors (Lipinski definition) is 4. The quantitative estimate of drug-likeness (QED) is 0.0947. The van der Waals surface area contributed by atoms with E-state index in [1.807, 2.05) is 12.1 Å². The van der Waals surface area contributed by atoms with E-state index in [0.29, 0.717) is 52.9 Å². The number of carbonyl (C=O) groups excluding carboxylic acids is 1. The maximum Gasteiger partial charge on any atom is 0.287 e. The molecule has 10 rings (SSSR count). The van der Waals surface area contributed by atoms with Crippen LogP contribution >= 0.6 is 0 Å². The number of pyridine rings is 2. The molecule has 5 aliphatic rings. The zero-order chi connectivity index (χ0) is 44.9. The number of nitrogens with zero attached hydrogens (tertiary/aromatic N) is 6. The zero-order valence-electron chi connectivity index (χ0n) is 37.8. The average molecular weight is 903 g/mol. The normalized spacial score (nSPS) is 21.8. The molecule has 4 aliphatic heterocycles. The van der Waals surface area contributed by atoms with Gasteiger partial charge >= 0.3 is 0 Å². The molecule has 3 aromatic heterocycles. The van der Waals surface area contributed by atoms with Gasteiger partial charge in [-0.2, -0.15) is 0 Å². The number of hydrogen-bond acceptors (Lipinski definition) is 13. The van der Waals surface area contributed by atoms with E-state index >= 15 is 0 Å². The van der Waals surface area contributed by atoms with E-state index in [1.165, 1.54) is 48.9 Å². The highest BCUT2D eigenvalue weighted by Crippen LogP contribution is 2.54. The smallest absolute Gasteiger partial charge is 0.287 e. The maximum atomic E-state index is 14.0. The molecule has 4 fully saturated rings. The van der Waals surface area contributed by atoms with Gasteiger partial charge in [0.15, 0.2) is 11.4 Å². The Balaban J connectivity index is 0.822. The van der Waals surface area contributed by atoms with Gasteiger partial charge in [-0.3, -0.25) is 9.69 Å². The van der Waals surface area contributed by atoms with Crippen LogP contribution in [-0.2, 0) is 10.0 Å². The molecule has 5 aromatic rings. The van der Waals surface area contributed by atoms with Gasteiger partial charge in [-0.1, -0.05) is 38.1 Å². The van der Waals surface area contributed by atoms with Crippen LogP contribution in [-0.4, -0.2) is 122 Å². The van der Waals surface area contributed by atoms with E-state index in [4.69, 9.17) is 15.2 Å². The van der Waals surface area contributed by atoms with Crippen molar-refractivity contribution in [2.24, 2.45) is 5.41 Å². The molecule has 1 amide bonds. The van der Waals surface area contributed by atoms with Gasteiger partial charge in [0.05, 0.1) is 34.7 Å². The number of anilines is 3. The number of sulfonamides is 1. The summed E-state index contributed by atoms with van der Waals surface area (Å²) in [6.07, 6.45) is 12.9. The maximum absolute atomic E-state index is 14.0. The van der Waals surface area contributed by atoms with Crippen molar-refractivity contribution in [1.29, 1.82) is 0 Å². The summed E-state index contributed by atoms with van der Waals surface area (Å²) in [4.78, 5) is 35.8. The van der Waals surface area contributed by atoms with Crippen molar-refractivity contribution >= 4 is 44.0 Å². The first-order chi connectivity index (χ1) is 31.4. The van der Waals surface area contributed by atoms with Crippen LogP contribution in [0.25, 0.3) is 11.0 Å². The number of nitrogen functional groups attached to an aromatic ring is 1. The Morgan fingerprint density at radius 2 is 1.80 bits per heavy atom. The second-order valence-electron chi connectivity index (χ2n) is 19.4. The molecule has 15 nitrogen and oxygen atoms in total. The molecule has 344 valence electrons. The van der Waals surface area contributed by atoms with Crippen LogP contribution in [0, 0.1) is 5.41 Å². The lowest BCUT2D eigenvalue weighted by atomic mass is 9.59. The minimum absolute atomic E-state index is 0.0234. The minimum Gasteiger partial charge on any atom is -0.489 e. The van der Waals surface area contributed by atoms with E-state index in [9.17, 15) is 13.2 Å². The Morgan fingerprint density at radius 1 is 1.00 bits per heavy atom. The van der Waals surface area contributed by atoms with Gasteiger partial charge in [-0.25, -0.2) is 23.1 Å². The Kier molecular flexibility index (Phi) is 11.9. The molecule has 0 unspecified atom stereocenters. The SMILES string of the molecule is CC(C)c1ccccc1[C@@H]1CCCN1C1CC2(CCN(c3cnc(C(=O)NS(=O)(=O)c4cc(N)c5c(c4)OC[C@H](CCN4CCN(C)CC4)N5)c(Oc4cnc5[nH]ccc5c4)c3)CC2)C1.